The van der Waals surface area contributed by atoms with E-state index in [1.54, 1.807) is 0 Å². The lowest BCUT2D eigenvalue weighted by Gasteiger charge is -2.21. The molecule has 1 aliphatic rings. The first-order valence-electron chi connectivity index (χ1n) is 7.66. The Hall–Kier alpha value is -1.39. The number of rotatable bonds is 7. The monoisotopic (exact) mass is 291 g/mol. The largest absolute Gasteiger partial charge is 0.457 e. The number of carbonyl (C=O) groups excluding carboxylic acids is 1. The van der Waals surface area contributed by atoms with Gasteiger partial charge in [-0.2, -0.15) is 0 Å². The number of esters is 1. The maximum Gasteiger partial charge on any atom is 0.309 e. The molecule has 0 N–H and O–H groups in total. The van der Waals surface area contributed by atoms with Gasteiger partial charge in [-0.15, -0.1) is 0 Å². The van der Waals surface area contributed by atoms with E-state index in [-0.39, 0.29) is 18.2 Å². The van der Waals surface area contributed by atoms with Crippen LogP contribution >= 0.6 is 0 Å². The van der Waals surface area contributed by atoms with Crippen LogP contribution in [0.4, 0.5) is 0 Å². The Kier molecular flexibility index (Phi) is 6.21. The second-order valence-electron chi connectivity index (χ2n) is 5.82. The predicted octanol–water partition coefficient (Wildman–Crippen LogP) is 2.79. The Labute approximate surface area is 127 Å². The highest BCUT2D eigenvalue weighted by molar-refractivity contribution is 5.70. The second kappa shape index (κ2) is 8.15. The molecule has 21 heavy (non-hydrogen) atoms. The molecule has 1 fully saturated rings. The Morgan fingerprint density at radius 3 is 2.76 bits per heavy atom. The maximum absolute atomic E-state index is 12.1. The molecule has 1 aliphatic heterocycles. The first-order valence-corrected chi connectivity index (χ1v) is 7.66. The molecule has 0 spiro atoms. The molecule has 1 heterocycles. The average molecular weight is 291 g/mol. The first-order chi connectivity index (χ1) is 10.1. The number of hydrogen-bond acceptors (Lipinski definition) is 4. The van der Waals surface area contributed by atoms with Crippen LogP contribution in [0.3, 0.4) is 0 Å². The van der Waals surface area contributed by atoms with Crippen LogP contribution in [0.15, 0.2) is 30.3 Å². The van der Waals surface area contributed by atoms with E-state index in [4.69, 9.17) is 9.47 Å². The van der Waals surface area contributed by atoms with Gasteiger partial charge in [0.25, 0.3) is 0 Å². The summed E-state index contributed by atoms with van der Waals surface area (Å²) in [6.45, 7) is 1.65. The molecule has 4 heteroatoms. The summed E-state index contributed by atoms with van der Waals surface area (Å²) in [4.78, 5) is 14.2. The summed E-state index contributed by atoms with van der Waals surface area (Å²) >= 11 is 0. The van der Waals surface area contributed by atoms with Crippen molar-refractivity contribution in [1.29, 1.82) is 0 Å². The van der Waals surface area contributed by atoms with Crippen molar-refractivity contribution in [2.24, 2.45) is 0 Å². The molecule has 0 amide bonds. The summed E-state index contributed by atoms with van der Waals surface area (Å²) in [5.74, 6) is -0.158. The van der Waals surface area contributed by atoms with Gasteiger partial charge >= 0.3 is 5.97 Å². The van der Waals surface area contributed by atoms with E-state index in [1.807, 2.05) is 44.4 Å². The van der Waals surface area contributed by atoms with Crippen LogP contribution in [-0.4, -0.2) is 44.2 Å². The van der Waals surface area contributed by atoms with Crippen molar-refractivity contribution >= 4 is 5.97 Å². The van der Waals surface area contributed by atoms with Gasteiger partial charge in [0.05, 0.1) is 12.5 Å². The van der Waals surface area contributed by atoms with Crippen LogP contribution in [0.5, 0.6) is 0 Å². The van der Waals surface area contributed by atoms with Gasteiger partial charge in [-0.3, -0.25) is 4.79 Å². The molecule has 2 atom stereocenters. The van der Waals surface area contributed by atoms with Crippen molar-refractivity contribution in [2.75, 3.05) is 27.2 Å². The molecule has 0 aromatic heterocycles. The summed E-state index contributed by atoms with van der Waals surface area (Å²) < 4.78 is 11.2. The zero-order chi connectivity index (χ0) is 15.1. The van der Waals surface area contributed by atoms with Crippen LogP contribution in [0.25, 0.3) is 0 Å². The topological polar surface area (TPSA) is 38.8 Å². The molecule has 0 radical (unpaired) electrons. The quantitative estimate of drug-likeness (QED) is 0.724. The van der Waals surface area contributed by atoms with E-state index < -0.39 is 0 Å². The van der Waals surface area contributed by atoms with Crippen LogP contribution in [0, 0.1) is 0 Å². The maximum atomic E-state index is 12.1. The third-order valence-electron chi connectivity index (χ3n) is 3.70. The predicted molar refractivity (Wildman–Crippen MR) is 82.0 cm³/mol. The molecule has 0 unspecified atom stereocenters. The molecule has 1 aromatic carbocycles. The number of hydrogen-bond donors (Lipinski definition) is 0. The average Bonchev–Trinajstić information content (AvgIpc) is 2.97. The summed E-state index contributed by atoms with van der Waals surface area (Å²) in [7, 11) is 4.05. The molecule has 0 aliphatic carbocycles. The van der Waals surface area contributed by atoms with Crippen LogP contribution in [-0.2, 0) is 14.3 Å². The van der Waals surface area contributed by atoms with Gasteiger partial charge in [0.15, 0.2) is 0 Å². The van der Waals surface area contributed by atoms with E-state index >= 15 is 0 Å². The fourth-order valence-electron chi connectivity index (χ4n) is 2.53. The van der Waals surface area contributed by atoms with Crippen LogP contribution in [0.2, 0.25) is 0 Å². The molecule has 2 rings (SSSR count). The Balaban J connectivity index is 1.92. The Bertz CT molecular complexity index is 427. The van der Waals surface area contributed by atoms with Crippen LogP contribution in [0.1, 0.15) is 37.4 Å². The summed E-state index contributed by atoms with van der Waals surface area (Å²) in [6.07, 6.45) is 3.04. The molecule has 4 nitrogen and oxygen atoms in total. The molecule has 1 aromatic rings. The number of ether oxygens (including phenoxy) is 2. The van der Waals surface area contributed by atoms with Gasteiger partial charge in [-0.05, 0) is 32.5 Å². The molecule has 0 bridgehead atoms. The lowest BCUT2D eigenvalue weighted by Crippen LogP contribution is -2.21. The molecule has 1 saturated heterocycles. The zero-order valence-corrected chi connectivity index (χ0v) is 13.0. The van der Waals surface area contributed by atoms with Crippen molar-refractivity contribution < 1.29 is 14.3 Å². The zero-order valence-electron chi connectivity index (χ0n) is 13.0. The van der Waals surface area contributed by atoms with Gasteiger partial charge < -0.3 is 14.4 Å². The lowest BCUT2D eigenvalue weighted by molar-refractivity contribution is -0.152. The molecule has 116 valence electrons. The first kappa shape index (κ1) is 16.0. The Morgan fingerprint density at radius 1 is 1.38 bits per heavy atom. The van der Waals surface area contributed by atoms with Crippen molar-refractivity contribution in [3.8, 4) is 0 Å². The Morgan fingerprint density at radius 2 is 2.14 bits per heavy atom. The number of nitrogens with zero attached hydrogens (tertiary/aromatic N) is 1. The highest BCUT2D eigenvalue weighted by Crippen LogP contribution is 2.23. The second-order valence-corrected chi connectivity index (χ2v) is 5.82. The minimum Gasteiger partial charge on any atom is -0.457 e. The summed E-state index contributed by atoms with van der Waals surface area (Å²) in [5, 5.41) is 0. The van der Waals surface area contributed by atoms with Gasteiger partial charge in [0.1, 0.15) is 6.10 Å². The van der Waals surface area contributed by atoms with Gasteiger partial charge in [-0.1, -0.05) is 30.3 Å². The standard InChI is InChI=1S/C17H25NO3/c1-18(2)11-10-16(14-7-4-3-5-8-14)21-17(19)13-15-9-6-12-20-15/h3-5,7-8,15-16H,6,9-13H2,1-2H3/t15-,16-/m1/s1. The third kappa shape index (κ3) is 5.48. The van der Waals surface area contributed by atoms with Gasteiger partial charge in [0.2, 0.25) is 0 Å². The fourth-order valence-corrected chi connectivity index (χ4v) is 2.53. The van der Waals surface area contributed by atoms with Gasteiger partial charge in [0, 0.05) is 19.6 Å². The van der Waals surface area contributed by atoms with Crippen LogP contribution < -0.4 is 0 Å². The van der Waals surface area contributed by atoms with E-state index in [1.165, 1.54) is 0 Å². The minimum absolute atomic E-state index is 0.0442. The SMILES string of the molecule is CN(C)CC[C@@H](OC(=O)C[C@H]1CCCO1)c1ccccc1. The molecule has 0 saturated carbocycles. The van der Waals surface area contributed by atoms with E-state index in [2.05, 4.69) is 4.90 Å². The highest BCUT2D eigenvalue weighted by atomic mass is 16.5. The van der Waals surface area contributed by atoms with Crippen molar-refractivity contribution in [2.45, 2.75) is 37.9 Å². The van der Waals surface area contributed by atoms with Gasteiger partial charge in [-0.25, -0.2) is 0 Å². The van der Waals surface area contributed by atoms with E-state index in [0.717, 1.165) is 38.0 Å². The molecular formula is C17H25NO3. The smallest absolute Gasteiger partial charge is 0.309 e. The van der Waals surface area contributed by atoms with E-state index in [9.17, 15) is 4.79 Å². The number of benzene rings is 1. The summed E-state index contributed by atoms with van der Waals surface area (Å²) in [6, 6.07) is 9.96. The van der Waals surface area contributed by atoms with Crippen molar-refractivity contribution in [3.63, 3.8) is 0 Å². The highest BCUT2D eigenvalue weighted by Gasteiger charge is 2.23. The normalized spacial score (nSPS) is 19.7. The summed E-state index contributed by atoms with van der Waals surface area (Å²) in [5.41, 5.74) is 1.06. The van der Waals surface area contributed by atoms with E-state index in [0.29, 0.717) is 6.42 Å². The lowest BCUT2D eigenvalue weighted by atomic mass is 10.1. The number of carbonyl (C=O) groups is 1. The molecular weight excluding hydrogens is 266 g/mol. The minimum atomic E-state index is -0.178. The third-order valence-corrected chi connectivity index (χ3v) is 3.70. The fraction of sp³-hybridized carbons (Fsp3) is 0.588. The van der Waals surface area contributed by atoms with Crippen molar-refractivity contribution in [1.82, 2.24) is 4.90 Å². The van der Waals surface area contributed by atoms with Crippen molar-refractivity contribution in [3.05, 3.63) is 35.9 Å².